The predicted molar refractivity (Wildman–Crippen MR) is 75.4 cm³/mol. The highest BCUT2D eigenvalue weighted by molar-refractivity contribution is 5.48. The Bertz CT molecular complexity index is 478. The molecule has 1 heterocycles. The second-order valence-corrected chi connectivity index (χ2v) is 5.01. The van der Waals surface area contributed by atoms with E-state index in [0.29, 0.717) is 24.1 Å². The Morgan fingerprint density at radius 1 is 1.45 bits per heavy atom. The maximum absolute atomic E-state index is 10.8. The molecule has 20 heavy (non-hydrogen) atoms. The lowest BCUT2D eigenvalue weighted by Gasteiger charge is -2.19. The van der Waals surface area contributed by atoms with E-state index in [1.54, 1.807) is 6.07 Å². The van der Waals surface area contributed by atoms with E-state index in [1.165, 1.54) is 32.1 Å². The van der Waals surface area contributed by atoms with Gasteiger partial charge in [0, 0.05) is 12.1 Å². The van der Waals surface area contributed by atoms with E-state index in [9.17, 15) is 10.1 Å². The Balaban J connectivity index is 1.96. The second kappa shape index (κ2) is 6.56. The van der Waals surface area contributed by atoms with Crippen LogP contribution in [-0.2, 0) is 0 Å². The molecule has 6 nitrogen and oxygen atoms in total. The zero-order chi connectivity index (χ0) is 14.5. The van der Waals surface area contributed by atoms with Gasteiger partial charge in [0.1, 0.15) is 0 Å². The summed E-state index contributed by atoms with van der Waals surface area (Å²) in [5.74, 6) is 0.956. The molecule has 1 unspecified atom stereocenters. The Morgan fingerprint density at radius 3 is 2.85 bits per heavy atom. The van der Waals surface area contributed by atoms with E-state index in [-0.39, 0.29) is 5.69 Å². The lowest BCUT2D eigenvalue weighted by Crippen LogP contribution is -2.26. The fraction of sp³-hybridized carbons (Fsp3) is 0.571. The van der Waals surface area contributed by atoms with Gasteiger partial charge in [-0.1, -0.05) is 0 Å². The zero-order valence-electron chi connectivity index (χ0n) is 11.9. The molecule has 1 aliphatic heterocycles. The molecule has 0 N–H and O–H groups in total. The van der Waals surface area contributed by atoms with E-state index in [0.717, 1.165) is 13.0 Å². The molecule has 1 atom stereocenters. The van der Waals surface area contributed by atoms with Gasteiger partial charge in [0.25, 0.3) is 5.69 Å². The summed E-state index contributed by atoms with van der Waals surface area (Å²) >= 11 is 0. The van der Waals surface area contributed by atoms with Crippen LogP contribution in [0.15, 0.2) is 18.2 Å². The van der Waals surface area contributed by atoms with Crippen molar-refractivity contribution in [2.45, 2.75) is 25.3 Å². The number of benzene rings is 1. The molecule has 0 aromatic heterocycles. The number of likely N-dealkylation sites (tertiary alicyclic amines) is 1. The summed E-state index contributed by atoms with van der Waals surface area (Å²) in [4.78, 5) is 12.7. The zero-order valence-corrected chi connectivity index (χ0v) is 11.9. The van der Waals surface area contributed by atoms with Crippen LogP contribution in [0.3, 0.4) is 0 Å². The van der Waals surface area contributed by atoms with Gasteiger partial charge in [0.2, 0.25) is 0 Å². The lowest BCUT2D eigenvalue weighted by molar-refractivity contribution is -0.385. The van der Waals surface area contributed by atoms with Crippen molar-refractivity contribution in [2.24, 2.45) is 0 Å². The van der Waals surface area contributed by atoms with Gasteiger partial charge in [0.05, 0.1) is 24.7 Å². The normalized spacial score (nSPS) is 19.0. The summed E-state index contributed by atoms with van der Waals surface area (Å²) < 4.78 is 10.8. The topological polar surface area (TPSA) is 64.8 Å². The van der Waals surface area contributed by atoms with Crippen LogP contribution in [0.5, 0.6) is 11.5 Å². The number of non-ortho nitro benzene ring substituents is 1. The summed E-state index contributed by atoms with van der Waals surface area (Å²) in [5.41, 5.74) is 0.0128. The quantitative estimate of drug-likeness (QED) is 0.591. The number of hydrogen-bond donors (Lipinski definition) is 0. The van der Waals surface area contributed by atoms with E-state index in [4.69, 9.17) is 9.47 Å². The number of rotatable bonds is 6. The molecule has 0 amide bonds. The Morgan fingerprint density at radius 2 is 2.25 bits per heavy atom. The van der Waals surface area contributed by atoms with Gasteiger partial charge >= 0.3 is 0 Å². The van der Waals surface area contributed by atoms with Crippen molar-refractivity contribution in [3.8, 4) is 11.5 Å². The van der Waals surface area contributed by atoms with Crippen LogP contribution in [0.25, 0.3) is 0 Å². The number of methoxy groups -OCH3 is 1. The van der Waals surface area contributed by atoms with E-state index < -0.39 is 4.92 Å². The summed E-state index contributed by atoms with van der Waals surface area (Å²) in [5, 5.41) is 10.8. The predicted octanol–water partition coefficient (Wildman–Crippen LogP) is 2.47. The summed E-state index contributed by atoms with van der Waals surface area (Å²) in [6.07, 6.45) is 3.33. The summed E-state index contributed by atoms with van der Waals surface area (Å²) in [6.45, 7) is 1.66. The van der Waals surface area contributed by atoms with Crippen molar-refractivity contribution in [2.75, 3.05) is 27.3 Å². The van der Waals surface area contributed by atoms with Gasteiger partial charge < -0.3 is 14.4 Å². The van der Waals surface area contributed by atoms with Gasteiger partial charge in [-0.25, -0.2) is 0 Å². The summed E-state index contributed by atoms with van der Waals surface area (Å²) in [7, 11) is 3.64. The van der Waals surface area contributed by atoms with Gasteiger partial charge in [-0.15, -0.1) is 0 Å². The largest absolute Gasteiger partial charge is 0.493 e. The first kappa shape index (κ1) is 14.6. The molecule has 1 aromatic rings. The average Bonchev–Trinajstić information content (AvgIpc) is 2.84. The number of nitrogens with zero attached hydrogens (tertiary/aromatic N) is 2. The van der Waals surface area contributed by atoms with Gasteiger partial charge in [0.15, 0.2) is 11.5 Å². The highest BCUT2D eigenvalue weighted by atomic mass is 16.6. The van der Waals surface area contributed by atoms with Crippen LogP contribution in [-0.4, -0.2) is 43.2 Å². The highest BCUT2D eigenvalue weighted by Crippen LogP contribution is 2.31. The fourth-order valence-electron chi connectivity index (χ4n) is 2.54. The van der Waals surface area contributed by atoms with Crippen LogP contribution in [0.2, 0.25) is 0 Å². The Hall–Kier alpha value is -1.82. The van der Waals surface area contributed by atoms with Gasteiger partial charge in [-0.2, -0.15) is 0 Å². The molecule has 0 radical (unpaired) electrons. The van der Waals surface area contributed by atoms with Crippen LogP contribution in [0.1, 0.15) is 19.3 Å². The van der Waals surface area contributed by atoms with Crippen LogP contribution in [0, 0.1) is 10.1 Å². The molecular formula is C14H20N2O4. The van der Waals surface area contributed by atoms with Crippen molar-refractivity contribution in [3.63, 3.8) is 0 Å². The van der Waals surface area contributed by atoms with Crippen LogP contribution in [0.4, 0.5) is 5.69 Å². The smallest absolute Gasteiger partial charge is 0.273 e. The van der Waals surface area contributed by atoms with E-state index in [2.05, 4.69) is 11.9 Å². The third-order valence-corrected chi connectivity index (χ3v) is 3.74. The minimum atomic E-state index is -0.433. The molecule has 0 bridgehead atoms. The monoisotopic (exact) mass is 280 g/mol. The molecule has 110 valence electrons. The minimum Gasteiger partial charge on any atom is -0.493 e. The summed E-state index contributed by atoms with van der Waals surface area (Å²) in [6, 6.07) is 4.93. The highest BCUT2D eigenvalue weighted by Gasteiger charge is 2.21. The molecule has 1 fully saturated rings. The van der Waals surface area contributed by atoms with Gasteiger partial charge in [-0.3, -0.25) is 10.1 Å². The fourth-order valence-corrected chi connectivity index (χ4v) is 2.54. The standard InChI is InChI=1S/C14H20N2O4/c1-15-8-3-4-11(15)7-9-20-14-10-12(16(17)18)5-6-13(14)19-2/h5-6,10-11H,3-4,7-9H2,1-2H3. The Kier molecular flexibility index (Phi) is 4.79. The molecule has 2 rings (SSSR count). The first-order valence-electron chi connectivity index (χ1n) is 6.77. The van der Waals surface area contributed by atoms with Crippen molar-refractivity contribution < 1.29 is 14.4 Å². The van der Waals surface area contributed by atoms with Crippen LogP contribution < -0.4 is 9.47 Å². The molecular weight excluding hydrogens is 260 g/mol. The molecule has 0 saturated carbocycles. The van der Waals surface area contributed by atoms with E-state index in [1.807, 2.05) is 0 Å². The maximum atomic E-state index is 10.8. The first-order valence-corrected chi connectivity index (χ1v) is 6.77. The van der Waals surface area contributed by atoms with Crippen LogP contribution >= 0.6 is 0 Å². The molecule has 1 aliphatic rings. The second-order valence-electron chi connectivity index (χ2n) is 5.01. The number of nitro groups is 1. The van der Waals surface area contributed by atoms with Crippen molar-refractivity contribution in [3.05, 3.63) is 28.3 Å². The van der Waals surface area contributed by atoms with Crippen molar-refractivity contribution in [1.29, 1.82) is 0 Å². The van der Waals surface area contributed by atoms with Crippen molar-refractivity contribution in [1.82, 2.24) is 4.90 Å². The molecule has 1 aromatic carbocycles. The third-order valence-electron chi connectivity index (χ3n) is 3.74. The number of ether oxygens (including phenoxy) is 2. The molecule has 6 heteroatoms. The number of nitro benzene ring substituents is 1. The first-order chi connectivity index (χ1) is 9.61. The van der Waals surface area contributed by atoms with Gasteiger partial charge in [-0.05, 0) is 38.9 Å². The van der Waals surface area contributed by atoms with E-state index >= 15 is 0 Å². The number of hydrogen-bond acceptors (Lipinski definition) is 5. The minimum absolute atomic E-state index is 0.0128. The molecule has 1 saturated heterocycles. The maximum Gasteiger partial charge on any atom is 0.273 e. The third kappa shape index (κ3) is 3.39. The molecule has 0 spiro atoms. The lowest BCUT2D eigenvalue weighted by atomic mass is 10.1. The molecule has 0 aliphatic carbocycles. The Labute approximate surface area is 118 Å². The average molecular weight is 280 g/mol. The SMILES string of the molecule is COc1ccc([N+](=O)[O-])cc1OCCC1CCCN1C. The van der Waals surface area contributed by atoms with Crippen molar-refractivity contribution >= 4 is 5.69 Å².